The lowest BCUT2D eigenvalue weighted by Gasteiger charge is -2.32. The minimum absolute atomic E-state index is 0.391. The highest BCUT2D eigenvalue weighted by Gasteiger charge is 2.34. The first-order valence-corrected chi connectivity index (χ1v) is 7.27. The van der Waals surface area contributed by atoms with Crippen LogP contribution in [0.15, 0.2) is 12.4 Å². The third-order valence-electron chi connectivity index (χ3n) is 3.77. The molecule has 2 bridgehead atoms. The monoisotopic (exact) mass is 262 g/mol. The van der Waals surface area contributed by atoms with Crippen LogP contribution >= 0.6 is 0 Å². The molecule has 19 heavy (non-hydrogen) atoms. The molecule has 2 atom stereocenters. The topological polar surface area (TPSA) is 50.3 Å². The van der Waals surface area contributed by atoms with Gasteiger partial charge >= 0.3 is 0 Å². The number of aromatic nitrogens is 2. The Morgan fingerprint density at radius 3 is 2.84 bits per heavy atom. The molecule has 5 nitrogen and oxygen atoms in total. The van der Waals surface area contributed by atoms with E-state index in [0.29, 0.717) is 12.2 Å². The molecule has 1 aromatic rings. The summed E-state index contributed by atoms with van der Waals surface area (Å²) in [6.07, 6.45) is 8.01. The summed E-state index contributed by atoms with van der Waals surface area (Å²) in [6.45, 7) is 5.89. The van der Waals surface area contributed by atoms with Crippen molar-refractivity contribution < 1.29 is 4.74 Å². The zero-order chi connectivity index (χ0) is 13.1. The van der Waals surface area contributed by atoms with Crippen molar-refractivity contribution in [1.29, 1.82) is 0 Å². The van der Waals surface area contributed by atoms with Crippen molar-refractivity contribution in [3.05, 3.63) is 18.1 Å². The van der Waals surface area contributed by atoms with Crippen LogP contribution in [0.4, 0.5) is 5.82 Å². The van der Waals surface area contributed by atoms with Gasteiger partial charge in [-0.15, -0.1) is 0 Å². The number of nitrogens with one attached hydrogen (secondary N) is 1. The van der Waals surface area contributed by atoms with Crippen LogP contribution in [0.25, 0.3) is 0 Å². The van der Waals surface area contributed by atoms with Crippen LogP contribution in [0.5, 0.6) is 0 Å². The number of fused-ring (bicyclic) bond motifs is 2. The van der Waals surface area contributed by atoms with Gasteiger partial charge in [-0.2, -0.15) is 0 Å². The van der Waals surface area contributed by atoms with E-state index in [-0.39, 0.29) is 0 Å². The molecule has 2 aliphatic rings. The second-order valence-corrected chi connectivity index (χ2v) is 5.41. The molecule has 0 aliphatic carbocycles. The molecule has 2 aliphatic heterocycles. The zero-order valence-corrected chi connectivity index (χ0v) is 11.5. The molecule has 2 saturated heterocycles. The zero-order valence-electron chi connectivity index (χ0n) is 11.5. The Balaban J connectivity index is 1.65. The van der Waals surface area contributed by atoms with E-state index in [1.807, 2.05) is 12.4 Å². The predicted octanol–water partition coefficient (Wildman–Crippen LogP) is 1.34. The molecule has 3 heterocycles. The van der Waals surface area contributed by atoms with Crippen molar-refractivity contribution >= 4 is 5.82 Å². The highest BCUT2D eigenvalue weighted by atomic mass is 16.5. The maximum absolute atomic E-state index is 5.86. The van der Waals surface area contributed by atoms with Gasteiger partial charge < -0.3 is 15.0 Å². The second-order valence-electron chi connectivity index (χ2n) is 5.41. The van der Waals surface area contributed by atoms with Crippen molar-refractivity contribution in [2.24, 2.45) is 0 Å². The molecule has 0 radical (unpaired) electrons. The fourth-order valence-electron chi connectivity index (χ4n) is 2.83. The third kappa shape index (κ3) is 3.04. The average Bonchev–Trinajstić information content (AvgIpc) is 2.78. The van der Waals surface area contributed by atoms with E-state index < -0.39 is 0 Å². The van der Waals surface area contributed by atoms with Gasteiger partial charge in [-0.05, 0) is 25.8 Å². The molecule has 0 amide bonds. The normalized spacial score (nSPS) is 25.8. The highest BCUT2D eigenvalue weighted by molar-refractivity contribution is 5.38. The van der Waals surface area contributed by atoms with Gasteiger partial charge in [0.05, 0.1) is 24.1 Å². The maximum Gasteiger partial charge on any atom is 0.147 e. The SMILES string of the molecule is CCCNCc1cncc(N2CC3CCC(C2)O3)n1. The minimum Gasteiger partial charge on any atom is -0.371 e. The minimum atomic E-state index is 0.391. The Morgan fingerprint density at radius 1 is 1.32 bits per heavy atom. The first kappa shape index (κ1) is 12.8. The van der Waals surface area contributed by atoms with Crippen molar-refractivity contribution in [1.82, 2.24) is 15.3 Å². The fraction of sp³-hybridized carbons (Fsp3) is 0.714. The van der Waals surface area contributed by atoms with Crippen molar-refractivity contribution in [3.63, 3.8) is 0 Å². The summed E-state index contributed by atoms with van der Waals surface area (Å²) in [4.78, 5) is 11.4. The lowest BCUT2D eigenvalue weighted by molar-refractivity contribution is 0.0302. The maximum atomic E-state index is 5.86. The van der Waals surface area contributed by atoms with Crippen LogP contribution in [0, 0.1) is 0 Å². The molecule has 2 unspecified atom stereocenters. The van der Waals surface area contributed by atoms with Crippen LogP contribution in [-0.4, -0.2) is 41.8 Å². The second kappa shape index (κ2) is 5.84. The Morgan fingerprint density at radius 2 is 2.11 bits per heavy atom. The lowest BCUT2D eigenvalue weighted by Crippen LogP contribution is -2.43. The van der Waals surface area contributed by atoms with E-state index in [9.17, 15) is 0 Å². The van der Waals surface area contributed by atoms with Gasteiger partial charge in [0.2, 0.25) is 0 Å². The number of anilines is 1. The van der Waals surface area contributed by atoms with Gasteiger partial charge in [-0.1, -0.05) is 6.92 Å². The highest BCUT2D eigenvalue weighted by Crippen LogP contribution is 2.28. The molecule has 0 aromatic carbocycles. The van der Waals surface area contributed by atoms with E-state index in [1.54, 1.807) is 0 Å². The number of rotatable bonds is 5. The predicted molar refractivity (Wildman–Crippen MR) is 74.1 cm³/mol. The third-order valence-corrected chi connectivity index (χ3v) is 3.77. The largest absolute Gasteiger partial charge is 0.371 e. The van der Waals surface area contributed by atoms with E-state index >= 15 is 0 Å². The van der Waals surface area contributed by atoms with E-state index in [1.165, 1.54) is 12.8 Å². The summed E-state index contributed by atoms with van der Waals surface area (Å²) in [5.74, 6) is 0.996. The molecular formula is C14H22N4O. The number of morpholine rings is 1. The van der Waals surface area contributed by atoms with Crippen LogP contribution in [0.2, 0.25) is 0 Å². The standard InChI is InChI=1S/C14H22N4O/c1-2-5-15-6-11-7-16-8-14(17-11)18-9-12-3-4-13(10-18)19-12/h7-8,12-13,15H,2-6,9-10H2,1H3. The fourth-order valence-corrected chi connectivity index (χ4v) is 2.83. The van der Waals surface area contributed by atoms with Gasteiger partial charge in [0.25, 0.3) is 0 Å². The smallest absolute Gasteiger partial charge is 0.147 e. The molecule has 3 rings (SSSR count). The van der Waals surface area contributed by atoms with Crippen molar-refractivity contribution in [3.8, 4) is 0 Å². The number of nitrogens with zero attached hydrogens (tertiary/aromatic N) is 3. The van der Waals surface area contributed by atoms with E-state index in [4.69, 9.17) is 9.72 Å². The van der Waals surface area contributed by atoms with Gasteiger partial charge in [-0.3, -0.25) is 4.98 Å². The summed E-state index contributed by atoms with van der Waals surface area (Å²) in [5.41, 5.74) is 1.02. The molecule has 5 heteroatoms. The van der Waals surface area contributed by atoms with Gasteiger partial charge in [0.15, 0.2) is 0 Å². The lowest BCUT2D eigenvalue weighted by atomic mass is 10.2. The summed E-state index contributed by atoms with van der Waals surface area (Å²) in [5, 5.41) is 3.37. The van der Waals surface area contributed by atoms with Crippen molar-refractivity contribution in [2.45, 2.75) is 44.9 Å². The Hall–Kier alpha value is -1.20. The summed E-state index contributed by atoms with van der Waals surface area (Å²) in [6, 6.07) is 0. The van der Waals surface area contributed by atoms with Crippen LogP contribution in [0.3, 0.4) is 0 Å². The van der Waals surface area contributed by atoms with Crippen LogP contribution < -0.4 is 10.2 Å². The molecule has 1 aromatic heterocycles. The Labute approximate surface area is 114 Å². The summed E-state index contributed by atoms with van der Waals surface area (Å²) < 4.78 is 5.86. The average molecular weight is 262 g/mol. The van der Waals surface area contributed by atoms with E-state index in [0.717, 1.165) is 44.1 Å². The van der Waals surface area contributed by atoms with E-state index in [2.05, 4.69) is 22.1 Å². The number of hydrogen-bond acceptors (Lipinski definition) is 5. The number of hydrogen-bond donors (Lipinski definition) is 1. The van der Waals surface area contributed by atoms with Crippen LogP contribution in [-0.2, 0) is 11.3 Å². The molecule has 1 N–H and O–H groups in total. The quantitative estimate of drug-likeness (QED) is 0.812. The van der Waals surface area contributed by atoms with Gasteiger partial charge in [0, 0.05) is 25.8 Å². The molecule has 0 saturated carbocycles. The first-order valence-electron chi connectivity index (χ1n) is 7.27. The first-order chi connectivity index (χ1) is 9.35. The van der Waals surface area contributed by atoms with Gasteiger partial charge in [0.1, 0.15) is 5.82 Å². The Bertz CT molecular complexity index is 414. The van der Waals surface area contributed by atoms with Crippen molar-refractivity contribution in [2.75, 3.05) is 24.5 Å². The molecule has 0 spiro atoms. The number of ether oxygens (including phenoxy) is 1. The van der Waals surface area contributed by atoms with Crippen LogP contribution in [0.1, 0.15) is 31.9 Å². The van der Waals surface area contributed by atoms with Gasteiger partial charge in [-0.25, -0.2) is 4.98 Å². The molecule has 2 fully saturated rings. The Kier molecular flexibility index (Phi) is 3.94. The summed E-state index contributed by atoms with van der Waals surface area (Å²) >= 11 is 0. The molecule has 104 valence electrons. The summed E-state index contributed by atoms with van der Waals surface area (Å²) in [7, 11) is 0. The molecular weight excluding hydrogens is 240 g/mol.